The number of nitrogens with two attached hydrogens (primary N) is 1. The van der Waals surface area contributed by atoms with E-state index in [-0.39, 0.29) is 23.2 Å². The first-order chi connectivity index (χ1) is 9.97. The molecular weight excluding hydrogens is 277 g/mol. The zero-order valence-electron chi connectivity index (χ0n) is 10.9. The summed E-state index contributed by atoms with van der Waals surface area (Å²) in [6.45, 7) is 0. The third-order valence-electron chi connectivity index (χ3n) is 3.12. The van der Waals surface area contributed by atoms with E-state index < -0.39 is 11.7 Å². The van der Waals surface area contributed by atoms with Crippen molar-refractivity contribution < 1.29 is 14.0 Å². The summed E-state index contributed by atoms with van der Waals surface area (Å²) in [5.74, 6) is -1.62. The summed E-state index contributed by atoms with van der Waals surface area (Å²) in [7, 11) is 1.41. The Morgan fingerprint density at radius 2 is 1.95 bits per heavy atom. The maximum Gasteiger partial charge on any atom is 0.261 e. The Balaban J connectivity index is 1.97. The summed E-state index contributed by atoms with van der Waals surface area (Å²) in [6, 6.07) is 4.53. The average molecular weight is 287 g/mol. The van der Waals surface area contributed by atoms with Gasteiger partial charge >= 0.3 is 0 Å². The molecule has 2 heterocycles. The van der Waals surface area contributed by atoms with Crippen LogP contribution >= 0.6 is 0 Å². The summed E-state index contributed by atoms with van der Waals surface area (Å²) in [4.78, 5) is 31.9. The molecule has 8 heteroatoms. The lowest BCUT2D eigenvalue weighted by Gasteiger charge is -2.07. The number of benzene rings is 1. The molecule has 2 amide bonds. The first-order valence-corrected chi connectivity index (χ1v) is 5.99. The number of aromatic nitrogens is 2. The zero-order chi connectivity index (χ0) is 15.1. The molecule has 0 saturated carbocycles. The zero-order valence-corrected chi connectivity index (χ0v) is 10.9. The Morgan fingerprint density at radius 1 is 1.24 bits per heavy atom. The van der Waals surface area contributed by atoms with Crippen molar-refractivity contribution in [3.05, 3.63) is 41.3 Å². The number of rotatable bonds is 2. The van der Waals surface area contributed by atoms with E-state index in [1.165, 1.54) is 19.2 Å². The van der Waals surface area contributed by atoms with Gasteiger partial charge in [0.15, 0.2) is 11.6 Å². The number of anilines is 3. The predicted molar refractivity (Wildman–Crippen MR) is 72.6 cm³/mol. The average Bonchev–Trinajstić information content (AvgIpc) is 2.68. The number of fused-ring (bicyclic) bond motifs is 1. The molecule has 7 nitrogen and oxygen atoms in total. The summed E-state index contributed by atoms with van der Waals surface area (Å²) in [5, 5.41) is 2.70. The number of carbonyl (C=O) groups excluding carboxylic acids is 2. The molecule has 0 unspecified atom stereocenters. The smallest absolute Gasteiger partial charge is 0.261 e. The number of hydrogen-bond donors (Lipinski definition) is 2. The number of nitrogens with zero attached hydrogens (tertiary/aromatic N) is 3. The van der Waals surface area contributed by atoms with E-state index in [0.29, 0.717) is 11.3 Å². The number of halogens is 1. The molecule has 0 radical (unpaired) electrons. The molecule has 1 aromatic heterocycles. The maximum atomic E-state index is 13.6. The standard InChI is InChI=1S/C13H10FN5O2/c1-19-11(20)7-3-2-6(4-8(7)12(19)21)17-10-9(14)5-16-13(15)18-10/h2-5H,1H3,(H3,15,16,17,18). The van der Waals surface area contributed by atoms with Crippen LogP contribution in [0.2, 0.25) is 0 Å². The van der Waals surface area contributed by atoms with Crippen molar-refractivity contribution in [2.75, 3.05) is 18.1 Å². The van der Waals surface area contributed by atoms with Crippen LogP contribution < -0.4 is 11.1 Å². The van der Waals surface area contributed by atoms with Gasteiger partial charge in [0.05, 0.1) is 17.3 Å². The highest BCUT2D eigenvalue weighted by Crippen LogP contribution is 2.26. The van der Waals surface area contributed by atoms with Gasteiger partial charge in [-0.05, 0) is 18.2 Å². The summed E-state index contributed by atoms with van der Waals surface area (Å²) in [5.41, 5.74) is 6.39. The Labute approximate surface area is 118 Å². The van der Waals surface area contributed by atoms with Crippen molar-refractivity contribution in [2.24, 2.45) is 0 Å². The molecule has 21 heavy (non-hydrogen) atoms. The predicted octanol–water partition coefficient (Wildman–Crippen LogP) is 1.17. The van der Waals surface area contributed by atoms with Gasteiger partial charge in [0.1, 0.15) is 0 Å². The van der Waals surface area contributed by atoms with Crippen LogP contribution in [0.3, 0.4) is 0 Å². The molecule has 0 bridgehead atoms. The Bertz CT molecular complexity index is 777. The molecule has 0 atom stereocenters. The van der Waals surface area contributed by atoms with Crippen LogP contribution in [-0.2, 0) is 0 Å². The number of imide groups is 1. The molecule has 1 aliphatic rings. The van der Waals surface area contributed by atoms with E-state index in [1.807, 2.05) is 0 Å². The molecule has 0 aliphatic carbocycles. The fourth-order valence-electron chi connectivity index (χ4n) is 2.04. The first-order valence-electron chi connectivity index (χ1n) is 5.99. The minimum Gasteiger partial charge on any atom is -0.368 e. The first kappa shape index (κ1) is 13.0. The van der Waals surface area contributed by atoms with E-state index >= 15 is 0 Å². The van der Waals surface area contributed by atoms with E-state index in [2.05, 4.69) is 15.3 Å². The minimum absolute atomic E-state index is 0.0777. The number of amides is 2. The second kappa shape index (κ2) is 4.51. The van der Waals surface area contributed by atoms with Gasteiger partial charge in [-0.2, -0.15) is 4.98 Å². The van der Waals surface area contributed by atoms with Crippen molar-refractivity contribution in [3.63, 3.8) is 0 Å². The second-order valence-electron chi connectivity index (χ2n) is 4.48. The Hall–Kier alpha value is -3.03. The van der Waals surface area contributed by atoms with E-state index in [1.54, 1.807) is 6.07 Å². The van der Waals surface area contributed by atoms with Crippen molar-refractivity contribution in [2.45, 2.75) is 0 Å². The van der Waals surface area contributed by atoms with Gasteiger partial charge in [0.2, 0.25) is 5.95 Å². The van der Waals surface area contributed by atoms with Crippen molar-refractivity contribution in [1.82, 2.24) is 14.9 Å². The molecule has 2 aromatic rings. The van der Waals surface area contributed by atoms with Gasteiger partial charge < -0.3 is 11.1 Å². The molecule has 3 rings (SSSR count). The normalized spacial score (nSPS) is 13.5. The van der Waals surface area contributed by atoms with Gasteiger partial charge in [0.25, 0.3) is 11.8 Å². The number of hydrogen-bond acceptors (Lipinski definition) is 6. The second-order valence-corrected chi connectivity index (χ2v) is 4.48. The lowest BCUT2D eigenvalue weighted by atomic mass is 10.1. The van der Waals surface area contributed by atoms with E-state index in [0.717, 1.165) is 11.1 Å². The quantitative estimate of drug-likeness (QED) is 0.804. The van der Waals surface area contributed by atoms with Crippen LogP contribution in [-0.4, -0.2) is 33.7 Å². The maximum absolute atomic E-state index is 13.6. The van der Waals surface area contributed by atoms with Crippen LogP contribution in [0.1, 0.15) is 20.7 Å². The Kier molecular flexibility index (Phi) is 2.79. The minimum atomic E-state index is -0.677. The number of carbonyl (C=O) groups is 2. The van der Waals surface area contributed by atoms with Gasteiger partial charge in [-0.15, -0.1) is 0 Å². The summed E-state index contributed by atoms with van der Waals surface area (Å²) >= 11 is 0. The van der Waals surface area contributed by atoms with E-state index in [4.69, 9.17) is 5.73 Å². The highest BCUT2D eigenvalue weighted by molar-refractivity contribution is 6.21. The molecule has 106 valence electrons. The molecule has 3 N–H and O–H groups in total. The molecule has 0 spiro atoms. The summed E-state index contributed by atoms with van der Waals surface area (Å²) < 4.78 is 13.6. The van der Waals surface area contributed by atoms with Crippen molar-refractivity contribution >= 4 is 29.3 Å². The molecule has 0 saturated heterocycles. The lowest BCUT2D eigenvalue weighted by Crippen LogP contribution is -2.24. The monoisotopic (exact) mass is 287 g/mol. The fraction of sp³-hybridized carbons (Fsp3) is 0.0769. The van der Waals surface area contributed by atoms with Crippen molar-refractivity contribution in [3.8, 4) is 0 Å². The van der Waals surface area contributed by atoms with Crippen molar-refractivity contribution in [1.29, 1.82) is 0 Å². The third-order valence-corrected chi connectivity index (χ3v) is 3.12. The molecule has 1 aliphatic heterocycles. The number of nitrogen functional groups attached to an aromatic ring is 1. The van der Waals surface area contributed by atoms with Gasteiger partial charge in [0, 0.05) is 12.7 Å². The highest BCUT2D eigenvalue weighted by atomic mass is 19.1. The fourth-order valence-corrected chi connectivity index (χ4v) is 2.04. The topological polar surface area (TPSA) is 101 Å². The van der Waals surface area contributed by atoms with Crippen LogP contribution in [0.5, 0.6) is 0 Å². The van der Waals surface area contributed by atoms with E-state index in [9.17, 15) is 14.0 Å². The highest BCUT2D eigenvalue weighted by Gasteiger charge is 2.32. The van der Waals surface area contributed by atoms with Gasteiger partial charge in [-0.1, -0.05) is 0 Å². The SMILES string of the molecule is CN1C(=O)c2ccc(Nc3nc(N)ncc3F)cc2C1=O. The molecule has 0 fully saturated rings. The Morgan fingerprint density at radius 3 is 2.71 bits per heavy atom. The molecular formula is C13H10FN5O2. The summed E-state index contributed by atoms with van der Waals surface area (Å²) in [6.07, 6.45) is 0.945. The van der Waals surface area contributed by atoms with Crippen LogP contribution in [0.15, 0.2) is 24.4 Å². The van der Waals surface area contributed by atoms with Crippen LogP contribution in [0, 0.1) is 5.82 Å². The van der Waals surface area contributed by atoms with Crippen LogP contribution in [0.25, 0.3) is 0 Å². The van der Waals surface area contributed by atoms with Gasteiger partial charge in [-0.3, -0.25) is 14.5 Å². The largest absolute Gasteiger partial charge is 0.368 e. The van der Waals surface area contributed by atoms with Crippen LogP contribution in [0.4, 0.5) is 21.8 Å². The number of nitrogens with one attached hydrogen (secondary N) is 1. The lowest BCUT2D eigenvalue weighted by molar-refractivity contribution is 0.0693. The van der Waals surface area contributed by atoms with Gasteiger partial charge in [-0.25, -0.2) is 9.37 Å². The third kappa shape index (κ3) is 2.06. The molecule has 1 aromatic carbocycles.